The highest BCUT2D eigenvalue weighted by Crippen LogP contribution is 2.18. The molecule has 3 aromatic rings. The van der Waals surface area contributed by atoms with Crippen LogP contribution in [0.15, 0.2) is 48.5 Å². The molecule has 9 heteroatoms. The maximum absolute atomic E-state index is 13.0. The van der Waals surface area contributed by atoms with E-state index in [2.05, 4.69) is 10.3 Å². The van der Waals surface area contributed by atoms with Gasteiger partial charge in [-0.3, -0.25) is 9.59 Å². The standard InChI is InChI=1S/C22H21ClFN5O2/c1-15-21(25-26-29(15)19-4-2-3-17(23)14-19)22(31)28-11-9-27(10-12-28)20(30)13-16-5-7-18(24)8-6-16/h2-8,14H,9-13H2,1H3. The fourth-order valence-electron chi connectivity index (χ4n) is 3.58. The van der Waals surface area contributed by atoms with E-state index < -0.39 is 0 Å². The number of carbonyl (C=O) groups is 2. The molecular weight excluding hydrogens is 421 g/mol. The number of nitrogens with zero attached hydrogens (tertiary/aromatic N) is 5. The minimum absolute atomic E-state index is 0.0400. The van der Waals surface area contributed by atoms with Crippen molar-refractivity contribution >= 4 is 23.4 Å². The second kappa shape index (κ2) is 8.85. The normalized spacial score (nSPS) is 14.0. The molecule has 1 saturated heterocycles. The highest BCUT2D eigenvalue weighted by molar-refractivity contribution is 6.30. The molecule has 4 rings (SSSR count). The van der Waals surface area contributed by atoms with Crippen LogP contribution in [0.3, 0.4) is 0 Å². The third-order valence-corrected chi connectivity index (χ3v) is 5.57. The van der Waals surface area contributed by atoms with E-state index in [-0.39, 0.29) is 29.7 Å². The van der Waals surface area contributed by atoms with E-state index in [4.69, 9.17) is 11.6 Å². The van der Waals surface area contributed by atoms with E-state index in [1.165, 1.54) is 12.1 Å². The van der Waals surface area contributed by atoms with Crippen LogP contribution in [0.4, 0.5) is 4.39 Å². The minimum atomic E-state index is -0.328. The van der Waals surface area contributed by atoms with Crippen LogP contribution in [0.1, 0.15) is 21.7 Å². The highest BCUT2D eigenvalue weighted by Gasteiger charge is 2.28. The Morgan fingerprint density at radius 1 is 1.03 bits per heavy atom. The summed E-state index contributed by atoms with van der Waals surface area (Å²) in [5, 5.41) is 8.76. The molecule has 1 aliphatic rings. The predicted molar refractivity (Wildman–Crippen MR) is 114 cm³/mol. The van der Waals surface area contributed by atoms with Gasteiger partial charge in [0.25, 0.3) is 5.91 Å². The molecule has 2 amide bonds. The molecule has 0 spiro atoms. The molecule has 7 nitrogen and oxygen atoms in total. The van der Waals surface area contributed by atoms with Gasteiger partial charge >= 0.3 is 0 Å². The quantitative estimate of drug-likeness (QED) is 0.624. The Labute approximate surface area is 184 Å². The summed E-state index contributed by atoms with van der Waals surface area (Å²) in [5.74, 6) is -0.580. The van der Waals surface area contributed by atoms with E-state index in [0.717, 1.165) is 11.3 Å². The molecule has 160 valence electrons. The number of halogens is 2. The van der Waals surface area contributed by atoms with Crippen LogP contribution in [0, 0.1) is 12.7 Å². The van der Waals surface area contributed by atoms with Gasteiger partial charge in [-0.1, -0.05) is 35.0 Å². The van der Waals surface area contributed by atoms with Crippen molar-refractivity contribution in [2.45, 2.75) is 13.3 Å². The summed E-state index contributed by atoms with van der Waals surface area (Å²) in [6, 6.07) is 13.1. The number of carbonyl (C=O) groups excluding carboxylic acids is 2. The van der Waals surface area contributed by atoms with E-state index in [1.807, 2.05) is 12.1 Å². The molecule has 2 heterocycles. The Morgan fingerprint density at radius 2 is 1.71 bits per heavy atom. The van der Waals surface area contributed by atoms with E-state index >= 15 is 0 Å². The summed E-state index contributed by atoms with van der Waals surface area (Å²) < 4.78 is 14.6. The van der Waals surface area contributed by atoms with Crippen molar-refractivity contribution in [3.8, 4) is 5.69 Å². The second-order valence-corrected chi connectivity index (χ2v) is 7.83. The van der Waals surface area contributed by atoms with Gasteiger partial charge in [-0.2, -0.15) is 0 Å². The smallest absolute Gasteiger partial charge is 0.276 e. The summed E-state index contributed by atoms with van der Waals surface area (Å²) >= 11 is 6.05. The van der Waals surface area contributed by atoms with Crippen LogP contribution in [0.2, 0.25) is 5.02 Å². The SMILES string of the molecule is Cc1c(C(=O)N2CCN(C(=O)Cc3ccc(F)cc3)CC2)nnn1-c1cccc(Cl)c1. The van der Waals surface area contributed by atoms with Crippen molar-refractivity contribution in [1.82, 2.24) is 24.8 Å². The van der Waals surface area contributed by atoms with Gasteiger partial charge in [0, 0.05) is 31.2 Å². The maximum atomic E-state index is 13.0. The number of amides is 2. The number of hydrogen-bond acceptors (Lipinski definition) is 4. The minimum Gasteiger partial charge on any atom is -0.339 e. The Morgan fingerprint density at radius 3 is 2.39 bits per heavy atom. The lowest BCUT2D eigenvalue weighted by Crippen LogP contribution is -2.51. The average molecular weight is 442 g/mol. The molecule has 2 aromatic carbocycles. The van der Waals surface area contributed by atoms with Crippen molar-refractivity contribution < 1.29 is 14.0 Å². The number of piperazine rings is 1. The average Bonchev–Trinajstić information content (AvgIpc) is 3.16. The van der Waals surface area contributed by atoms with Gasteiger partial charge in [0.1, 0.15) is 5.82 Å². The first-order valence-electron chi connectivity index (χ1n) is 9.92. The fraction of sp³-hybridized carbons (Fsp3) is 0.273. The van der Waals surface area contributed by atoms with E-state index in [1.54, 1.807) is 45.7 Å². The first-order chi connectivity index (χ1) is 14.9. The molecule has 0 unspecified atom stereocenters. The third kappa shape index (κ3) is 4.59. The Kier molecular flexibility index (Phi) is 5.99. The number of hydrogen-bond donors (Lipinski definition) is 0. The Bertz CT molecular complexity index is 1110. The van der Waals surface area contributed by atoms with Crippen molar-refractivity contribution in [2.75, 3.05) is 26.2 Å². The predicted octanol–water partition coefficient (Wildman–Crippen LogP) is 2.90. The fourth-order valence-corrected chi connectivity index (χ4v) is 3.76. The summed E-state index contributed by atoms with van der Waals surface area (Å²) in [5.41, 5.74) is 2.40. The molecule has 0 N–H and O–H groups in total. The number of rotatable bonds is 4. The van der Waals surface area contributed by atoms with E-state index in [0.29, 0.717) is 36.9 Å². The van der Waals surface area contributed by atoms with Crippen LogP contribution < -0.4 is 0 Å². The maximum Gasteiger partial charge on any atom is 0.276 e. The van der Waals surface area contributed by atoms with Crippen LogP contribution in [-0.2, 0) is 11.2 Å². The van der Waals surface area contributed by atoms with Crippen molar-refractivity contribution in [3.05, 3.63) is 76.3 Å². The van der Waals surface area contributed by atoms with Crippen molar-refractivity contribution in [3.63, 3.8) is 0 Å². The summed E-state index contributed by atoms with van der Waals surface area (Å²) in [6.07, 6.45) is 0.210. The molecule has 1 aliphatic heterocycles. The highest BCUT2D eigenvalue weighted by atomic mass is 35.5. The van der Waals surface area contributed by atoms with Gasteiger partial charge in [0.15, 0.2) is 5.69 Å². The van der Waals surface area contributed by atoms with Crippen LogP contribution in [-0.4, -0.2) is 62.8 Å². The van der Waals surface area contributed by atoms with E-state index in [9.17, 15) is 14.0 Å². The van der Waals surface area contributed by atoms with Crippen molar-refractivity contribution in [2.24, 2.45) is 0 Å². The van der Waals surface area contributed by atoms with Crippen LogP contribution >= 0.6 is 11.6 Å². The molecule has 1 fully saturated rings. The first kappa shape index (κ1) is 21.0. The molecular formula is C22H21ClFN5O2. The molecule has 0 saturated carbocycles. The van der Waals surface area contributed by atoms with Gasteiger partial charge in [-0.25, -0.2) is 9.07 Å². The second-order valence-electron chi connectivity index (χ2n) is 7.39. The van der Waals surface area contributed by atoms with Crippen molar-refractivity contribution in [1.29, 1.82) is 0 Å². The number of aromatic nitrogens is 3. The van der Waals surface area contributed by atoms with Gasteiger partial charge < -0.3 is 9.80 Å². The molecule has 0 aliphatic carbocycles. The van der Waals surface area contributed by atoms with Gasteiger partial charge in [-0.05, 0) is 42.8 Å². The summed E-state index contributed by atoms with van der Waals surface area (Å²) in [4.78, 5) is 28.9. The Hall–Kier alpha value is -3.26. The first-order valence-corrected chi connectivity index (χ1v) is 10.3. The molecule has 0 bridgehead atoms. The topological polar surface area (TPSA) is 71.3 Å². The zero-order valence-corrected chi connectivity index (χ0v) is 17.7. The zero-order valence-electron chi connectivity index (χ0n) is 17.0. The monoisotopic (exact) mass is 441 g/mol. The Balaban J connectivity index is 1.38. The van der Waals surface area contributed by atoms with Gasteiger partial charge in [0.2, 0.25) is 5.91 Å². The molecule has 0 radical (unpaired) electrons. The summed E-state index contributed by atoms with van der Waals surface area (Å²) in [7, 11) is 0. The van der Waals surface area contributed by atoms with Crippen LogP contribution in [0.5, 0.6) is 0 Å². The molecule has 1 aromatic heterocycles. The van der Waals surface area contributed by atoms with Gasteiger partial charge in [0.05, 0.1) is 17.8 Å². The lowest BCUT2D eigenvalue weighted by molar-refractivity contribution is -0.131. The molecule has 31 heavy (non-hydrogen) atoms. The lowest BCUT2D eigenvalue weighted by Gasteiger charge is -2.34. The molecule has 0 atom stereocenters. The largest absolute Gasteiger partial charge is 0.339 e. The summed E-state index contributed by atoms with van der Waals surface area (Å²) in [6.45, 7) is 3.49. The zero-order chi connectivity index (χ0) is 22.0. The van der Waals surface area contributed by atoms with Crippen LogP contribution in [0.25, 0.3) is 5.69 Å². The third-order valence-electron chi connectivity index (χ3n) is 5.34. The van der Waals surface area contributed by atoms with Gasteiger partial charge in [-0.15, -0.1) is 5.10 Å². The lowest BCUT2D eigenvalue weighted by atomic mass is 10.1. The number of benzene rings is 2.